The first-order valence-electron chi connectivity index (χ1n) is 6.68. The average Bonchev–Trinajstić information content (AvgIpc) is 2.40. The molecule has 1 heterocycles. The van der Waals surface area contributed by atoms with Gasteiger partial charge in [0.1, 0.15) is 0 Å². The molecule has 20 heavy (non-hydrogen) atoms. The highest BCUT2D eigenvalue weighted by Crippen LogP contribution is 2.31. The van der Waals surface area contributed by atoms with Gasteiger partial charge < -0.3 is 10.6 Å². The predicted octanol–water partition coefficient (Wildman–Crippen LogP) is 2.93. The fourth-order valence-corrected chi connectivity index (χ4v) is 2.72. The number of hydrogen-bond acceptors (Lipinski definition) is 3. The van der Waals surface area contributed by atoms with E-state index in [2.05, 4.69) is 24.5 Å². The SMILES string of the molecule is CC1(C)CCCNC1C(=O)Nc1cc(C#N)ccc1Cl. The summed E-state index contributed by atoms with van der Waals surface area (Å²) in [6.45, 7) is 5.00. The maximum Gasteiger partial charge on any atom is 0.242 e. The second-order valence-electron chi connectivity index (χ2n) is 5.77. The fraction of sp³-hybridized carbons (Fsp3) is 0.467. The second kappa shape index (κ2) is 5.82. The van der Waals surface area contributed by atoms with Crippen molar-refractivity contribution in [3.8, 4) is 6.07 Å². The van der Waals surface area contributed by atoms with Crippen LogP contribution >= 0.6 is 11.6 Å². The monoisotopic (exact) mass is 291 g/mol. The number of hydrogen-bond donors (Lipinski definition) is 2. The molecule has 1 amide bonds. The molecule has 0 bridgehead atoms. The minimum atomic E-state index is -0.252. The molecule has 1 aromatic carbocycles. The van der Waals surface area contributed by atoms with E-state index in [0.29, 0.717) is 16.3 Å². The van der Waals surface area contributed by atoms with Crippen LogP contribution in [0.4, 0.5) is 5.69 Å². The van der Waals surface area contributed by atoms with Crippen molar-refractivity contribution < 1.29 is 4.79 Å². The quantitative estimate of drug-likeness (QED) is 0.880. The van der Waals surface area contributed by atoms with E-state index in [-0.39, 0.29) is 17.4 Å². The lowest BCUT2D eigenvalue weighted by atomic mass is 9.77. The lowest BCUT2D eigenvalue weighted by molar-refractivity contribution is -0.121. The standard InChI is InChI=1S/C15H18ClN3O/c1-15(2)6-3-7-18-13(15)14(20)19-12-8-10(9-17)4-5-11(12)16/h4-5,8,13,18H,3,6-7H2,1-2H3,(H,19,20). The highest BCUT2D eigenvalue weighted by atomic mass is 35.5. The van der Waals surface area contributed by atoms with E-state index in [1.165, 1.54) is 0 Å². The molecular formula is C15H18ClN3O. The molecule has 1 aromatic rings. The van der Waals surface area contributed by atoms with Crippen LogP contribution in [0.2, 0.25) is 5.02 Å². The third-order valence-electron chi connectivity index (χ3n) is 3.74. The van der Waals surface area contributed by atoms with Crippen LogP contribution in [-0.4, -0.2) is 18.5 Å². The van der Waals surface area contributed by atoms with Crippen molar-refractivity contribution in [3.05, 3.63) is 28.8 Å². The molecule has 0 aliphatic carbocycles. The van der Waals surface area contributed by atoms with Gasteiger partial charge in [-0.15, -0.1) is 0 Å². The summed E-state index contributed by atoms with van der Waals surface area (Å²) < 4.78 is 0. The van der Waals surface area contributed by atoms with Crippen LogP contribution in [0.3, 0.4) is 0 Å². The number of nitrogens with one attached hydrogen (secondary N) is 2. The molecule has 1 aliphatic heterocycles. The summed E-state index contributed by atoms with van der Waals surface area (Å²) in [5.74, 6) is -0.105. The molecule has 0 aromatic heterocycles. The van der Waals surface area contributed by atoms with Gasteiger partial charge in [-0.25, -0.2) is 0 Å². The Morgan fingerprint density at radius 3 is 2.95 bits per heavy atom. The molecule has 0 saturated carbocycles. The zero-order valence-corrected chi connectivity index (χ0v) is 12.4. The van der Waals surface area contributed by atoms with Crippen molar-refractivity contribution >= 4 is 23.2 Å². The number of nitrogens with zero attached hydrogens (tertiary/aromatic N) is 1. The van der Waals surface area contributed by atoms with Gasteiger partial charge in [-0.2, -0.15) is 5.26 Å². The lowest BCUT2D eigenvalue weighted by Crippen LogP contribution is -2.53. The van der Waals surface area contributed by atoms with E-state index in [0.717, 1.165) is 19.4 Å². The maximum absolute atomic E-state index is 12.4. The van der Waals surface area contributed by atoms with E-state index in [1.54, 1.807) is 18.2 Å². The Balaban J connectivity index is 2.17. The topological polar surface area (TPSA) is 64.9 Å². The molecule has 5 heteroatoms. The van der Waals surface area contributed by atoms with Gasteiger partial charge in [0.05, 0.1) is 28.4 Å². The van der Waals surface area contributed by atoms with Crippen LogP contribution in [0.5, 0.6) is 0 Å². The Labute approximate surface area is 124 Å². The number of halogens is 1. The molecule has 2 rings (SSSR count). The first kappa shape index (κ1) is 14.8. The first-order valence-corrected chi connectivity index (χ1v) is 7.06. The van der Waals surface area contributed by atoms with E-state index < -0.39 is 0 Å². The van der Waals surface area contributed by atoms with E-state index in [1.807, 2.05) is 6.07 Å². The van der Waals surface area contributed by atoms with Crippen molar-refractivity contribution in [2.75, 3.05) is 11.9 Å². The third-order valence-corrected chi connectivity index (χ3v) is 4.07. The van der Waals surface area contributed by atoms with Gasteiger partial charge in [-0.05, 0) is 43.0 Å². The average molecular weight is 292 g/mol. The minimum absolute atomic E-state index is 0.0956. The van der Waals surface area contributed by atoms with Gasteiger partial charge in [-0.1, -0.05) is 25.4 Å². The van der Waals surface area contributed by atoms with Crippen LogP contribution in [0.15, 0.2) is 18.2 Å². The van der Waals surface area contributed by atoms with E-state index in [9.17, 15) is 4.79 Å². The molecule has 1 aliphatic rings. The number of rotatable bonds is 2. The van der Waals surface area contributed by atoms with Crippen LogP contribution in [-0.2, 0) is 4.79 Å². The highest BCUT2D eigenvalue weighted by Gasteiger charge is 2.37. The van der Waals surface area contributed by atoms with E-state index in [4.69, 9.17) is 16.9 Å². The number of benzene rings is 1. The van der Waals surface area contributed by atoms with Crippen LogP contribution in [0, 0.1) is 16.7 Å². The van der Waals surface area contributed by atoms with Crippen molar-refractivity contribution in [1.82, 2.24) is 5.32 Å². The van der Waals surface area contributed by atoms with Gasteiger partial charge >= 0.3 is 0 Å². The molecule has 0 radical (unpaired) electrons. The number of nitriles is 1. The van der Waals surface area contributed by atoms with Crippen LogP contribution in [0.25, 0.3) is 0 Å². The fourth-order valence-electron chi connectivity index (χ4n) is 2.55. The Morgan fingerprint density at radius 2 is 2.30 bits per heavy atom. The molecule has 4 nitrogen and oxygen atoms in total. The summed E-state index contributed by atoms with van der Waals surface area (Å²) in [4.78, 5) is 12.4. The second-order valence-corrected chi connectivity index (χ2v) is 6.18. The molecule has 1 unspecified atom stereocenters. The van der Waals surface area contributed by atoms with Crippen molar-refractivity contribution in [1.29, 1.82) is 5.26 Å². The van der Waals surface area contributed by atoms with Crippen molar-refractivity contribution in [2.24, 2.45) is 5.41 Å². The number of piperidine rings is 1. The Morgan fingerprint density at radius 1 is 1.55 bits per heavy atom. The van der Waals surface area contributed by atoms with Gasteiger partial charge in [-0.3, -0.25) is 4.79 Å². The normalized spacial score (nSPS) is 21.0. The first-order chi connectivity index (χ1) is 9.44. The number of carbonyl (C=O) groups is 1. The molecule has 1 saturated heterocycles. The Kier molecular flexibility index (Phi) is 4.32. The van der Waals surface area contributed by atoms with Gasteiger partial charge in [0.15, 0.2) is 0 Å². The zero-order valence-electron chi connectivity index (χ0n) is 11.7. The smallest absolute Gasteiger partial charge is 0.242 e. The number of anilines is 1. The predicted molar refractivity (Wildman–Crippen MR) is 79.6 cm³/mol. The van der Waals surface area contributed by atoms with Crippen molar-refractivity contribution in [2.45, 2.75) is 32.7 Å². The lowest BCUT2D eigenvalue weighted by Gasteiger charge is -2.38. The maximum atomic E-state index is 12.4. The summed E-state index contributed by atoms with van der Waals surface area (Å²) in [5.41, 5.74) is 0.862. The number of amides is 1. The Bertz CT molecular complexity index is 563. The molecule has 2 N–H and O–H groups in total. The molecule has 0 spiro atoms. The van der Waals surface area contributed by atoms with Crippen molar-refractivity contribution in [3.63, 3.8) is 0 Å². The largest absolute Gasteiger partial charge is 0.323 e. The van der Waals surface area contributed by atoms with E-state index >= 15 is 0 Å². The summed E-state index contributed by atoms with van der Waals surface area (Å²) in [5, 5.41) is 15.4. The minimum Gasteiger partial charge on any atom is -0.323 e. The van der Waals surface area contributed by atoms with Crippen LogP contribution in [0.1, 0.15) is 32.3 Å². The highest BCUT2D eigenvalue weighted by molar-refractivity contribution is 6.33. The number of carbonyl (C=O) groups excluding carboxylic acids is 1. The third kappa shape index (κ3) is 3.12. The van der Waals surface area contributed by atoms with Gasteiger partial charge in [0.25, 0.3) is 0 Å². The Hall–Kier alpha value is -1.57. The zero-order chi connectivity index (χ0) is 14.8. The summed E-state index contributed by atoms with van der Waals surface area (Å²) in [6, 6.07) is 6.63. The molecule has 1 atom stereocenters. The van der Waals surface area contributed by atoms with Crippen LogP contribution < -0.4 is 10.6 Å². The molecular weight excluding hydrogens is 274 g/mol. The summed E-state index contributed by atoms with van der Waals surface area (Å²) in [6.07, 6.45) is 2.07. The van der Waals surface area contributed by atoms with Gasteiger partial charge in [0.2, 0.25) is 5.91 Å². The molecule has 106 valence electrons. The summed E-state index contributed by atoms with van der Waals surface area (Å²) >= 11 is 6.06. The summed E-state index contributed by atoms with van der Waals surface area (Å²) in [7, 11) is 0. The molecule has 1 fully saturated rings. The van der Waals surface area contributed by atoms with Gasteiger partial charge in [0, 0.05) is 0 Å².